The summed E-state index contributed by atoms with van der Waals surface area (Å²) in [6.07, 6.45) is 0. The fraction of sp³-hybridized carbons (Fsp3) is 0.625. The van der Waals surface area contributed by atoms with E-state index < -0.39 is 0 Å². The van der Waals surface area contributed by atoms with E-state index in [1.165, 1.54) is 6.07 Å². The number of rotatable bonds is 8. The molecule has 2 nitrogen and oxygen atoms in total. The highest BCUT2D eigenvalue weighted by Gasteiger charge is 2.18. The maximum Gasteiger partial charge on any atom is 0.128 e. The summed E-state index contributed by atoms with van der Waals surface area (Å²) in [6.45, 7) is 11.6. The lowest BCUT2D eigenvalue weighted by atomic mass is 9.94. The van der Waals surface area contributed by atoms with Crippen LogP contribution in [0.15, 0.2) is 24.3 Å². The summed E-state index contributed by atoms with van der Waals surface area (Å²) < 4.78 is 19.1. The summed E-state index contributed by atoms with van der Waals surface area (Å²) in [6, 6.07) is 6.75. The molecular formula is C16H26FNO. The van der Waals surface area contributed by atoms with Crippen LogP contribution in [0.25, 0.3) is 0 Å². The van der Waals surface area contributed by atoms with E-state index in [1.54, 1.807) is 12.1 Å². The molecule has 0 spiro atoms. The number of ether oxygens (including phenoxy) is 1. The summed E-state index contributed by atoms with van der Waals surface area (Å²) in [5, 5.41) is 3.43. The Balaban J connectivity index is 2.29. The van der Waals surface area contributed by atoms with Gasteiger partial charge in [0.1, 0.15) is 5.82 Å². The molecular weight excluding hydrogens is 241 g/mol. The second-order valence-corrected chi connectivity index (χ2v) is 6.27. The highest BCUT2D eigenvalue weighted by molar-refractivity contribution is 5.16. The fourth-order valence-corrected chi connectivity index (χ4v) is 1.80. The molecule has 0 aliphatic heterocycles. The molecule has 0 unspecified atom stereocenters. The second-order valence-electron chi connectivity index (χ2n) is 6.27. The summed E-state index contributed by atoms with van der Waals surface area (Å²) in [5.41, 5.74) is 0.675. The highest BCUT2D eigenvalue weighted by Crippen LogP contribution is 2.16. The van der Waals surface area contributed by atoms with Crippen LogP contribution in [-0.2, 0) is 11.3 Å². The first-order chi connectivity index (χ1) is 8.91. The Bertz CT molecular complexity index is 377. The van der Waals surface area contributed by atoms with Crippen LogP contribution >= 0.6 is 0 Å². The van der Waals surface area contributed by atoms with Gasteiger partial charge in [0.25, 0.3) is 0 Å². The number of hydrogen-bond donors (Lipinski definition) is 1. The molecule has 0 heterocycles. The van der Waals surface area contributed by atoms with Gasteiger partial charge < -0.3 is 10.1 Å². The molecule has 3 heteroatoms. The Morgan fingerprint density at radius 2 is 1.95 bits per heavy atom. The van der Waals surface area contributed by atoms with E-state index >= 15 is 0 Å². The smallest absolute Gasteiger partial charge is 0.128 e. The Labute approximate surface area is 116 Å². The minimum absolute atomic E-state index is 0.0557. The van der Waals surface area contributed by atoms with Crippen LogP contribution in [0.5, 0.6) is 0 Å². The van der Waals surface area contributed by atoms with Crippen LogP contribution in [-0.4, -0.2) is 19.7 Å². The first-order valence-corrected chi connectivity index (χ1v) is 6.92. The van der Waals surface area contributed by atoms with Crippen LogP contribution < -0.4 is 5.32 Å². The van der Waals surface area contributed by atoms with Gasteiger partial charge in [-0.25, -0.2) is 4.39 Å². The Morgan fingerprint density at radius 3 is 2.58 bits per heavy atom. The van der Waals surface area contributed by atoms with Gasteiger partial charge in [-0.1, -0.05) is 45.9 Å². The third-order valence-electron chi connectivity index (χ3n) is 2.86. The van der Waals surface area contributed by atoms with E-state index in [1.807, 2.05) is 6.07 Å². The molecule has 0 aliphatic rings. The van der Waals surface area contributed by atoms with Crippen LogP contribution in [0, 0.1) is 17.2 Å². The van der Waals surface area contributed by atoms with Crippen molar-refractivity contribution in [2.75, 3.05) is 19.7 Å². The van der Waals surface area contributed by atoms with Crippen LogP contribution in [0.1, 0.15) is 33.3 Å². The van der Waals surface area contributed by atoms with Gasteiger partial charge in [0, 0.05) is 17.5 Å². The molecule has 0 aromatic heterocycles. The zero-order valence-electron chi connectivity index (χ0n) is 12.5. The van der Waals surface area contributed by atoms with Crippen molar-refractivity contribution in [3.05, 3.63) is 35.6 Å². The van der Waals surface area contributed by atoms with Gasteiger partial charge in [-0.2, -0.15) is 0 Å². The standard InChI is InChI=1S/C16H26FNO/c1-13(2)9-18-11-16(3,4)12-19-10-14-7-5-6-8-15(14)17/h5-8,13,18H,9-12H2,1-4H3. The first-order valence-electron chi connectivity index (χ1n) is 6.92. The second kappa shape index (κ2) is 7.61. The Kier molecular flexibility index (Phi) is 6.46. The van der Waals surface area contributed by atoms with Crippen LogP contribution in [0.4, 0.5) is 4.39 Å². The van der Waals surface area contributed by atoms with Crippen molar-refractivity contribution < 1.29 is 9.13 Å². The Hall–Kier alpha value is -0.930. The lowest BCUT2D eigenvalue weighted by Crippen LogP contribution is -2.35. The lowest BCUT2D eigenvalue weighted by molar-refractivity contribution is 0.0496. The minimum Gasteiger partial charge on any atom is -0.376 e. The number of benzene rings is 1. The van der Waals surface area contributed by atoms with Crippen LogP contribution in [0.3, 0.4) is 0 Å². The van der Waals surface area contributed by atoms with Gasteiger partial charge in [-0.05, 0) is 18.5 Å². The third-order valence-corrected chi connectivity index (χ3v) is 2.86. The zero-order chi connectivity index (χ0) is 14.3. The molecule has 0 fully saturated rings. The highest BCUT2D eigenvalue weighted by atomic mass is 19.1. The molecule has 0 bridgehead atoms. The first kappa shape index (κ1) is 16.1. The third kappa shape index (κ3) is 6.69. The van der Waals surface area contributed by atoms with E-state index in [9.17, 15) is 4.39 Å². The van der Waals surface area contributed by atoms with Crippen molar-refractivity contribution in [2.45, 2.75) is 34.3 Å². The molecule has 0 aliphatic carbocycles. The molecule has 108 valence electrons. The number of hydrogen-bond acceptors (Lipinski definition) is 2. The SMILES string of the molecule is CC(C)CNCC(C)(C)COCc1ccccc1F. The fourth-order valence-electron chi connectivity index (χ4n) is 1.80. The minimum atomic E-state index is -0.196. The van der Waals surface area contributed by atoms with Gasteiger partial charge in [0.2, 0.25) is 0 Å². The molecule has 0 amide bonds. The van der Waals surface area contributed by atoms with Crippen molar-refractivity contribution in [3.63, 3.8) is 0 Å². The van der Waals surface area contributed by atoms with Crippen molar-refractivity contribution in [1.29, 1.82) is 0 Å². The summed E-state index contributed by atoms with van der Waals surface area (Å²) in [4.78, 5) is 0. The summed E-state index contributed by atoms with van der Waals surface area (Å²) >= 11 is 0. The van der Waals surface area contributed by atoms with Crippen molar-refractivity contribution in [1.82, 2.24) is 5.32 Å². The Morgan fingerprint density at radius 1 is 1.26 bits per heavy atom. The number of halogens is 1. The summed E-state index contributed by atoms with van der Waals surface area (Å²) in [7, 11) is 0. The molecule has 1 aromatic rings. The van der Waals surface area contributed by atoms with Crippen molar-refractivity contribution >= 4 is 0 Å². The van der Waals surface area contributed by atoms with Gasteiger partial charge in [-0.3, -0.25) is 0 Å². The van der Waals surface area contributed by atoms with E-state index in [0.29, 0.717) is 24.7 Å². The molecule has 0 radical (unpaired) electrons. The maximum atomic E-state index is 13.4. The molecule has 0 atom stereocenters. The molecule has 0 saturated carbocycles. The van der Waals surface area contributed by atoms with E-state index in [-0.39, 0.29) is 11.2 Å². The average molecular weight is 267 g/mol. The maximum absolute atomic E-state index is 13.4. The quantitative estimate of drug-likeness (QED) is 0.777. The predicted octanol–water partition coefficient (Wildman–Crippen LogP) is 3.61. The van der Waals surface area contributed by atoms with Crippen molar-refractivity contribution in [3.8, 4) is 0 Å². The summed E-state index contributed by atoms with van der Waals surface area (Å²) in [5.74, 6) is 0.452. The topological polar surface area (TPSA) is 21.3 Å². The average Bonchev–Trinajstić information content (AvgIpc) is 2.30. The molecule has 19 heavy (non-hydrogen) atoms. The van der Waals surface area contributed by atoms with Gasteiger partial charge in [0.15, 0.2) is 0 Å². The monoisotopic (exact) mass is 267 g/mol. The van der Waals surface area contributed by atoms with Gasteiger partial charge in [-0.15, -0.1) is 0 Å². The van der Waals surface area contributed by atoms with Gasteiger partial charge in [0.05, 0.1) is 13.2 Å². The van der Waals surface area contributed by atoms with Crippen LogP contribution in [0.2, 0.25) is 0 Å². The molecule has 1 rings (SSSR count). The molecule has 0 saturated heterocycles. The lowest BCUT2D eigenvalue weighted by Gasteiger charge is -2.25. The van der Waals surface area contributed by atoms with E-state index in [2.05, 4.69) is 33.0 Å². The largest absolute Gasteiger partial charge is 0.376 e. The zero-order valence-corrected chi connectivity index (χ0v) is 12.5. The molecule has 1 aromatic carbocycles. The van der Waals surface area contributed by atoms with E-state index in [4.69, 9.17) is 4.74 Å². The predicted molar refractivity (Wildman–Crippen MR) is 77.5 cm³/mol. The van der Waals surface area contributed by atoms with Gasteiger partial charge >= 0.3 is 0 Å². The van der Waals surface area contributed by atoms with Crippen molar-refractivity contribution in [2.24, 2.45) is 11.3 Å². The normalized spacial score (nSPS) is 12.1. The molecule has 1 N–H and O–H groups in total. The number of nitrogens with one attached hydrogen (secondary N) is 1. The van der Waals surface area contributed by atoms with E-state index in [0.717, 1.165) is 13.1 Å².